The standard InChI is InChI=1S/C14H25N3O/c1-12(2)17-11-10-16(14(17)18)9-7-13-6-4-5-8-15(13)3/h10-13H,4-9H2,1-3H3. The van der Waals surface area contributed by atoms with Crippen LogP contribution < -0.4 is 5.69 Å². The number of rotatable bonds is 4. The van der Waals surface area contributed by atoms with Crippen molar-refractivity contribution in [1.29, 1.82) is 0 Å². The summed E-state index contributed by atoms with van der Waals surface area (Å²) >= 11 is 0. The molecule has 2 rings (SSSR count). The highest BCUT2D eigenvalue weighted by molar-refractivity contribution is 4.84. The van der Waals surface area contributed by atoms with Gasteiger partial charge in [0.15, 0.2) is 0 Å². The van der Waals surface area contributed by atoms with Gasteiger partial charge in [-0.1, -0.05) is 6.42 Å². The van der Waals surface area contributed by atoms with Gasteiger partial charge in [-0.15, -0.1) is 0 Å². The van der Waals surface area contributed by atoms with Gasteiger partial charge < -0.3 is 4.90 Å². The van der Waals surface area contributed by atoms with Gasteiger partial charge in [0.1, 0.15) is 0 Å². The molecule has 1 aromatic rings. The quantitative estimate of drug-likeness (QED) is 0.820. The maximum atomic E-state index is 12.1. The number of likely N-dealkylation sites (tertiary alicyclic amines) is 1. The summed E-state index contributed by atoms with van der Waals surface area (Å²) in [5, 5.41) is 0. The van der Waals surface area contributed by atoms with E-state index < -0.39 is 0 Å². The lowest BCUT2D eigenvalue weighted by Crippen LogP contribution is -2.37. The van der Waals surface area contributed by atoms with Gasteiger partial charge in [0.25, 0.3) is 0 Å². The molecule has 1 fully saturated rings. The first kappa shape index (κ1) is 13.4. The minimum absolute atomic E-state index is 0.128. The summed E-state index contributed by atoms with van der Waals surface area (Å²) in [7, 11) is 2.20. The van der Waals surface area contributed by atoms with E-state index in [2.05, 4.69) is 11.9 Å². The Morgan fingerprint density at radius 1 is 1.33 bits per heavy atom. The second kappa shape index (κ2) is 5.74. The molecule has 0 spiro atoms. The molecule has 0 amide bonds. The first-order chi connectivity index (χ1) is 8.59. The summed E-state index contributed by atoms with van der Waals surface area (Å²) in [6.45, 7) is 6.13. The van der Waals surface area contributed by atoms with Gasteiger partial charge >= 0.3 is 5.69 Å². The Bertz CT molecular complexity index is 432. The number of hydrogen-bond acceptors (Lipinski definition) is 2. The van der Waals surface area contributed by atoms with Crippen LogP contribution in [0.15, 0.2) is 17.2 Å². The molecule has 0 N–H and O–H groups in total. The molecule has 1 aromatic heterocycles. The van der Waals surface area contributed by atoms with Crippen LogP contribution in [0.25, 0.3) is 0 Å². The molecule has 1 atom stereocenters. The van der Waals surface area contributed by atoms with Crippen LogP contribution >= 0.6 is 0 Å². The average Bonchev–Trinajstić information content (AvgIpc) is 2.70. The number of hydrogen-bond donors (Lipinski definition) is 0. The van der Waals surface area contributed by atoms with E-state index in [0.717, 1.165) is 13.0 Å². The average molecular weight is 251 g/mol. The maximum absolute atomic E-state index is 12.1. The molecule has 0 aliphatic carbocycles. The molecule has 0 radical (unpaired) electrons. The Kier molecular flexibility index (Phi) is 4.27. The molecule has 4 nitrogen and oxygen atoms in total. The molecule has 1 saturated heterocycles. The summed E-state index contributed by atoms with van der Waals surface area (Å²) in [4.78, 5) is 14.5. The highest BCUT2D eigenvalue weighted by Crippen LogP contribution is 2.18. The van der Waals surface area contributed by atoms with Gasteiger partial charge in [-0.2, -0.15) is 0 Å². The maximum Gasteiger partial charge on any atom is 0.328 e. The van der Waals surface area contributed by atoms with Gasteiger partial charge in [0.2, 0.25) is 0 Å². The molecular formula is C14H25N3O. The van der Waals surface area contributed by atoms with Crippen molar-refractivity contribution in [2.75, 3.05) is 13.6 Å². The summed E-state index contributed by atoms with van der Waals surface area (Å²) < 4.78 is 3.65. The molecule has 0 saturated carbocycles. The number of piperidine rings is 1. The van der Waals surface area contributed by atoms with Crippen molar-refractivity contribution < 1.29 is 0 Å². The fraction of sp³-hybridized carbons (Fsp3) is 0.786. The van der Waals surface area contributed by atoms with E-state index in [-0.39, 0.29) is 11.7 Å². The first-order valence-electron chi connectivity index (χ1n) is 7.07. The third kappa shape index (κ3) is 2.86. The molecule has 1 aliphatic heterocycles. The second-order valence-electron chi connectivity index (χ2n) is 5.69. The molecule has 0 bridgehead atoms. The Morgan fingerprint density at radius 3 is 2.72 bits per heavy atom. The molecular weight excluding hydrogens is 226 g/mol. The van der Waals surface area contributed by atoms with Crippen molar-refractivity contribution in [3.05, 3.63) is 22.9 Å². The first-order valence-corrected chi connectivity index (χ1v) is 7.07. The Labute approximate surface area is 109 Å². The molecule has 1 unspecified atom stereocenters. The smallest absolute Gasteiger partial charge is 0.303 e. The van der Waals surface area contributed by atoms with E-state index in [4.69, 9.17) is 0 Å². The van der Waals surface area contributed by atoms with Gasteiger partial charge in [0.05, 0.1) is 0 Å². The van der Waals surface area contributed by atoms with Crippen LogP contribution in [0, 0.1) is 0 Å². The zero-order valence-corrected chi connectivity index (χ0v) is 11.8. The zero-order valence-electron chi connectivity index (χ0n) is 11.8. The third-order valence-electron chi connectivity index (χ3n) is 4.05. The fourth-order valence-corrected chi connectivity index (χ4v) is 2.79. The topological polar surface area (TPSA) is 30.2 Å². The summed E-state index contributed by atoms with van der Waals surface area (Å²) in [5.74, 6) is 0. The predicted octanol–water partition coefficient (Wildman–Crippen LogP) is 2.11. The van der Waals surface area contributed by atoms with E-state index in [1.54, 1.807) is 4.57 Å². The van der Waals surface area contributed by atoms with Crippen LogP contribution in [-0.2, 0) is 6.54 Å². The number of aromatic nitrogens is 2. The lowest BCUT2D eigenvalue weighted by atomic mass is 10.0. The zero-order chi connectivity index (χ0) is 13.1. The normalized spacial score (nSPS) is 21.7. The van der Waals surface area contributed by atoms with E-state index in [0.29, 0.717) is 6.04 Å². The van der Waals surface area contributed by atoms with E-state index in [1.165, 1.54) is 25.8 Å². The minimum atomic E-state index is 0.128. The van der Waals surface area contributed by atoms with Gasteiger partial charge in [-0.05, 0) is 46.7 Å². The largest absolute Gasteiger partial charge is 0.328 e. The highest BCUT2D eigenvalue weighted by Gasteiger charge is 2.18. The number of nitrogens with zero attached hydrogens (tertiary/aromatic N) is 3. The monoisotopic (exact) mass is 251 g/mol. The van der Waals surface area contributed by atoms with Gasteiger partial charge in [-0.3, -0.25) is 9.13 Å². The van der Waals surface area contributed by atoms with E-state index in [1.807, 2.05) is 30.8 Å². The van der Waals surface area contributed by atoms with Gasteiger partial charge in [-0.25, -0.2) is 4.79 Å². The van der Waals surface area contributed by atoms with Crippen LogP contribution in [0.3, 0.4) is 0 Å². The van der Waals surface area contributed by atoms with Crippen LogP contribution in [0.5, 0.6) is 0 Å². The SMILES string of the molecule is CC(C)n1ccn(CCC2CCCCN2C)c1=O. The van der Waals surface area contributed by atoms with Crippen LogP contribution in [0.4, 0.5) is 0 Å². The Hall–Kier alpha value is -1.03. The highest BCUT2D eigenvalue weighted by atomic mass is 16.1. The van der Waals surface area contributed by atoms with Crippen LogP contribution in [0.2, 0.25) is 0 Å². The van der Waals surface area contributed by atoms with Crippen molar-refractivity contribution in [3.8, 4) is 0 Å². The van der Waals surface area contributed by atoms with Crippen molar-refractivity contribution in [2.45, 2.75) is 58.2 Å². The second-order valence-corrected chi connectivity index (χ2v) is 5.69. The van der Waals surface area contributed by atoms with Crippen LogP contribution in [-0.4, -0.2) is 33.7 Å². The molecule has 1 aliphatic rings. The number of imidazole rings is 1. The Balaban J connectivity index is 1.96. The molecule has 2 heterocycles. The fourth-order valence-electron chi connectivity index (χ4n) is 2.79. The molecule has 4 heteroatoms. The van der Waals surface area contributed by atoms with Crippen molar-refractivity contribution >= 4 is 0 Å². The summed E-state index contributed by atoms with van der Waals surface area (Å²) in [6.07, 6.45) is 8.82. The third-order valence-corrected chi connectivity index (χ3v) is 4.05. The lowest BCUT2D eigenvalue weighted by molar-refractivity contribution is 0.170. The van der Waals surface area contributed by atoms with E-state index in [9.17, 15) is 4.79 Å². The molecule has 102 valence electrons. The van der Waals surface area contributed by atoms with Gasteiger partial charge in [0, 0.05) is 31.0 Å². The van der Waals surface area contributed by atoms with Crippen molar-refractivity contribution in [1.82, 2.24) is 14.0 Å². The molecule has 0 aromatic carbocycles. The van der Waals surface area contributed by atoms with Crippen molar-refractivity contribution in [2.24, 2.45) is 0 Å². The van der Waals surface area contributed by atoms with Crippen molar-refractivity contribution in [3.63, 3.8) is 0 Å². The Morgan fingerprint density at radius 2 is 2.11 bits per heavy atom. The van der Waals surface area contributed by atoms with E-state index >= 15 is 0 Å². The van der Waals surface area contributed by atoms with Crippen LogP contribution in [0.1, 0.15) is 45.6 Å². The summed E-state index contributed by atoms with van der Waals surface area (Å²) in [6, 6.07) is 0.893. The minimum Gasteiger partial charge on any atom is -0.303 e. The lowest BCUT2D eigenvalue weighted by Gasteiger charge is -2.32. The molecule has 18 heavy (non-hydrogen) atoms. The predicted molar refractivity (Wildman–Crippen MR) is 74.0 cm³/mol. The summed E-state index contributed by atoms with van der Waals surface area (Å²) in [5.41, 5.74) is 0.128. The number of aryl methyl sites for hydroxylation is 1.